The lowest BCUT2D eigenvalue weighted by Gasteiger charge is -2.42. The molecule has 8 heteroatoms. The van der Waals surface area contributed by atoms with E-state index in [1.165, 1.54) is 12.1 Å². The van der Waals surface area contributed by atoms with Gasteiger partial charge in [0.15, 0.2) is 0 Å². The van der Waals surface area contributed by atoms with Crippen molar-refractivity contribution in [2.75, 3.05) is 33.2 Å². The Hall–Kier alpha value is -2.87. The van der Waals surface area contributed by atoms with Crippen LogP contribution in [0.2, 0.25) is 0 Å². The Labute approximate surface area is 204 Å². The number of piperazine rings is 1. The van der Waals surface area contributed by atoms with Gasteiger partial charge in [-0.3, -0.25) is 14.5 Å². The number of nitrogens with zero attached hydrogens (tertiary/aromatic N) is 3. The quantitative estimate of drug-likeness (QED) is 0.594. The van der Waals surface area contributed by atoms with Crippen molar-refractivity contribution in [1.82, 2.24) is 14.7 Å². The van der Waals surface area contributed by atoms with E-state index in [-0.39, 0.29) is 23.4 Å². The highest BCUT2D eigenvalue weighted by Gasteiger charge is 2.39. The molecule has 1 unspecified atom stereocenters. The predicted molar refractivity (Wildman–Crippen MR) is 128 cm³/mol. The Balaban J connectivity index is 1.40. The van der Waals surface area contributed by atoms with Crippen LogP contribution in [0.1, 0.15) is 47.2 Å². The van der Waals surface area contributed by atoms with Crippen LogP contribution in [0.5, 0.6) is 0 Å². The maximum atomic E-state index is 13.6. The molecule has 1 saturated carbocycles. The first-order valence-corrected chi connectivity index (χ1v) is 12.2. The van der Waals surface area contributed by atoms with Gasteiger partial charge >= 0.3 is 6.18 Å². The third kappa shape index (κ3) is 6.04. The molecule has 0 spiro atoms. The van der Waals surface area contributed by atoms with E-state index in [2.05, 4.69) is 4.90 Å². The number of amides is 2. The number of benzene rings is 2. The minimum atomic E-state index is -4.43. The number of rotatable bonds is 6. The Morgan fingerprint density at radius 3 is 2.11 bits per heavy atom. The maximum absolute atomic E-state index is 13.6. The number of likely N-dealkylation sites (N-methyl/N-ethyl adjacent to an activating group) is 1. The van der Waals surface area contributed by atoms with Gasteiger partial charge in [0.25, 0.3) is 5.91 Å². The van der Waals surface area contributed by atoms with Crippen molar-refractivity contribution in [2.45, 2.75) is 44.4 Å². The molecule has 188 valence electrons. The van der Waals surface area contributed by atoms with Crippen LogP contribution in [-0.2, 0) is 17.5 Å². The molecular weight excluding hydrogens is 455 g/mol. The van der Waals surface area contributed by atoms with E-state index in [4.69, 9.17) is 0 Å². The average Bonchev–Trinajstić information content (AvgIpc) is 3.39. The summed E-state index contributed by atoms with van der Waals surface area (Å²) in [4.78, 5) is 32.2. The lowest BCUT2D eigenvalue weighted by molar-refractivity contribution is -0.139. The zero-order chi connectivity index (χ0) is 25.0. The SMILES string of the molecule is CN(Cc1ccccc1)C(=O)C(C1CCCC1)N1CCN(C(=O)c2ccc(C(F)(F)F)cc2)CC1. The van der Waals surface area contributed by atoms with Crippen LogP contribution in [-0.4, -0.2) is 65.8 Å². The van der Waals surface area contributed by atoms with Crippen LogP contribution in [0.25, 0.3) is 0 Å². The largest absolute Gasteiger partial charge is 0.416 e. The average molecular weight is 488 g/mol. The molecule has 0 bridgehead atoms. The van der Waals surface area contributed by atoms with E-state index in [9.17, 15) is 22.8 Å². The van der Waals surface area contributed by atoms with Crippen LogP contribution in [0.4, 0.5) is 13.2 Å². The summed E-state index contributed by atoms with van der Waals surface area (Å²) in [6, 6.07) is 14.1. The Morgan fingerprint density at radius 2 is 1.54 bits per heavy atom. The van der Waals surface area contributed by atoms with Crippen molar-refractivity contribution in [3.63, 3.8) is 0 Å². The minimum absolute atomic E-state index is 0.114. The molecule has 2 aromatic carbocycles. The summed E-state index contributed by atoms with van der Waals surface area (Å²) in [5, 5.41) is 0. The van der Waals surface area contributed by atoms with Gasteiger partial charge in [-0.05, 0) is 48.6 Å². The first-order valence-electron chi connectivity index (χ1n) is 12.2. The zero-order valence-corrected chi connectivity index (χ0v) is 20.0. The monoisotopic (exact) mass is 487 g/mol. The highest BCUT2D eigenvalue weighted by atomic mass is 19.4. The summed E-state index contributed by atoms with van der Waals surface area (Å²) in [7, 11) is 1.85. The molecule has 2 aliphatic rings. The molecule has 1 saturated heterocycles. The number of carbonyl (C=O) groups is 2. The van der Waals surface area contributed by atoms with Crippen molar-refractivity contribution >= 4 is 11.8 Å². The minimum Gasteiger partial charge on any atom is -0.340 e. The molecule has 1 aliphatic heterocycles. The fraction of sp³-hybridized carbons (Fsp3) is 0.481. The van der Waals surface area contributed by atoms with E-state index in [1.54, 1.807) is 9.80 Å². The molecule has 1 atom stereocenters. The zero-order valence-electron chi connectivity index (χ0n) is 20.0. The van der Waals surface area contributed by atoms with Gasteiger partial charge in [-0.1, -0.05) is 43.2 Å². The van der Waals surface area contributed by atoms with Gasteiger partial charge in [-0.25, -0.2) is 0 Å². The number of carbonyl (C=O) groups excluding carboxylic acids is 2. The van der Waals surface area contributed by atoms with Gasteiger partial charge in [0.05, 0.1) is 11.6 Å². The molecule has 0 radical (unpaired) electrons. The summed E-state index contributed by atoms with van der Waals surface area (Å²) in [6.45, 7) is 2.57. The van der Waals surface area contributed by atoms with Gasteiger partial charge in [0.2, 0.25) is 5.91 Å². The van der Waals surface area contributed by atoms with Crippen molar-refractivity contribution in [3.8, 4) is 0 Å². The normalized spacial score (nSPS) is 18.5. The van der Waals surface area contributed by atoms with Crippen molar-refractivity contribution < 1.29 is 22.8 Å². The van der Waals surface area contributed by atoms with Crippen molar-refractivity contribution in [1.29, 1.82) is 0 Å². The molecular formula is C27H32F3N3O2. The van der Waals surface area contributed by atoms with Crippen LogP contribution in [0.15, 0.2) is 54.6 Å². The number of hydrogen-bond donors (Lipinski definition) is 0. The molecule has 4 rings (SSSR count). The summed E-state index contributed by atoms with van der Waals surface area (Å²) < 4.78 is 38.5. The molecule has 2 aromatic rings. The van der Waals surface area contributed by atoms with Gasteiger partial charge in [0, 0.05) is 45.3 Å². The summed E-state index contributed by atoms with van der Waals surface area (Å²) >= 11 is 0. The van der Waals surface area contributed by atoms with E-state index >= 15 is 0 Å². The van der Waals surface area contributed by atoms with Crippen molar-refractivity contribution in [3.05, 3.63) is 71.3 Å². The highest BCUT2D eigenvalue weighted by Crippen LogP contribution is 2.32. The predicted octanol–water partition coefficient (Wildman–Crippen LogP) is 4.68. The summed E-state index contributed by atoms with van der Waals surface area (Å²) in [5.74, 6) is 0.143. The number of halogens is 3. The molecule has 1 aliphatic carbocycles. The van der Waals surface area contributed by atoms with Crippen molar-refractivity contribution in [2.24, 2.45) is 5.92 Å². The van der Waals surface area contributed by atoms with Gasteiger partial charge < -0.3 is 9.80 Å². The molecule has 0 aromatic heterocycles. The Bertz CT molecular complexity index is 997. The van der Waals surface area contributed by atoms with Gasteiger partial charge in [0.1, 0.15) is 0 Å². The van der Waals surface area contributed by atoms with Crippen LogP contribution >= 0.6 is 0 Å². The molecule has 5 nitrogen and oxygen atoms in total. The molecule has 35 heavy (non-hydrogen) atoms. The lowest BCUT2D eigenvalue weighted by atomic mass is 9.94. The van der Waals surface area contributed by atoms with Gasteiger partial charge in [-0.15, -0.1) is 0 Å². The third-order valence-electron chi connectivity index (χ3n) is 7.19. The topological polar surface area (TPSA) is 43.9 Å². The van der Waals surface area contributed by atoms with Gasteiger partial charge in [-0.2, -0.15) is 13.2 Å². The third-order valence-corrected chi connectivity index (χ3v) is 7.19. The fourth-order valence-electron chi connectivity index (χ4n) is 5.28. The second kappa shape index (κ2) is 10.8. The maximum Gasteiger partial charge on any atom is 0.416 e. The molecule has 1 heterocycles. The van der Waals surface area contributed by atoms with Crippen LogP contribution in [0.3, 0.4) is 0 Å². The summed E-state index contributed by atoms with van der Waals surface area (Å²) in [6.07, 6.45) is -0.115. The Morgan fingerprint density at radius 1 is 0.943 bits per heavy atom. The second-order valence-corrected chi connectivity index (χ2v) is 9.57. The number of alkyl halides is 3. The lowest BCUT2D eigenvalue weighted by Crippen LogP contribution is -2.58. The highest BCUT2D eigenvalue weighted by molar-refractivity contribution is 5.94. The van der Waals surface area contributed by atoms with E-state index in [0.29, 0.717) is 38.6 Å². The molecule has 0 N–H and O–H groups in total. The smallest absolute Gasteiger partial charge is 0.340 e. The van der Waals surface area contributed by atoms with Crippen LogP contribution < -0.4 is 0 Å². The first kappa shape index (κ1) is 25.2. The second-order valence-electron chi connectivity index (χ2n) is 9.57. The molecule has 2 fully saturated rings. The standard InChI is InChI=1S/C27H32F3N3O2/c1-31(19-20-7-3-2-4-8-20)26(35)24(21-9-5-6-10-21)32-15-17-33(18-16-32)25(34)22-11-13-23(14-12-22)27(28,29)30/h2-4,7-8,11-14,21,24H,5-6,9-10,15-19H2,1H3. The Kier molecular flexibility index (Phi) is 7.79. The van der Waals surface area contributed by atoms with Crippen LogP contribution in [0, 0.1) is 5.92 Å². The summed E-state index contributed by atoms with van der Waals surface area (Å²) in [5.41, 5.74) is 0.564. The molecule has 2 amide bonds. The van der Waals surface area contributed by atoms with E-state index in [1.807, 2.05) is 37.4 Å². The number of hydrogen-bond acceptors (Lipinski definition) is 3. The van der Waals surface area contributed by atoms with E-state index < -0.39 is 11.7 Å². The first-order chi connectivity index (χ1) is 16.7. The fourth-order valence-corrected chi connectivity index (χ4v) is 5.28. The van der Waals surface area contributed by atoms with E-state index in [0.717, 1.165) is 43.4 Å².